The molecule has 1 aliphatic heterocycles. The van der Waals surface area contributed by atoms with E-state index in [0.29, 0.717) is 19.4 Å². The average molecular weight is 556 g/mol. The Morgan fingerprint density at radius 1 is 0.821 bits per heavy atom. The molecule has 0 aromatic rings. The number of amides is 4. The van der Waals surface area contributed by atoms with E-state index in [9.17, 15) is 33.9 Å². The van der Waals surface area contributed by atoms with E-state index in [0.717, 1.165) is 0 Å². The molecule has 1 fully saturated rings. The summed E-state index contributed by atoms with van der Waals surface area (Å²) < 4.78 is 0. The minimum atomic E-state index is -1.67. The summed E-state index contributed by atoms with van der Waals surface area (Å²) in [6.07, 6.45) is 0.616. The molecule has 5 atom stereocenters. The molecule has 0 spiro atoms. The minimum absolute atomic E-state index is 0.0129. The van der Waals surface area contributed by atoms with Gasteiger partial charge in [-0.05, 0) is 43.4 Å². The van der Waals surface area contributed by atoms with Gasteiger partial charge in [0.25, 0.3) is 0 Å². The molecule has 222 valence electrons. The van der Waals surface area contributed by atoms with Crippen molar-refractivity contribution in [1.29, 1.82) is 0 Å². The lowest BCUT2D eigenvalue weighted by Crippen LogP contribution is -2.58. The maximum absolute atomic E-state index is 13.3. The van der Waals surface area contributed by atoms with Gasteiger partial charge in [0, 0.05) is 6.54 Å². The second kappa shape index (κ2) is 15.4. The number of aliphatic carboxylic acids is 2. The van der Waals surface area contributed by atoms with Gasteiger partial charge in [0.05, 0.1) is 12.5 Å². The number of hydrogen-bond acceptors (Lipinski definition) is 7. The average Bonchev–Trinajstić information content (AvgIpc) is 3.30. The molecule has 0 aliphatic carbocycles. The molecular formula is C26H45N5O8. The Kier molecular flexibility index (Phi) is 13.3. The van der Waals surface area contributed by atoms with E-state index >= 15 is 0 Å². The van der Waals surface area contributed by atoms with Crippen LogP contribution in [0.3, 0.4) is 0 Å². The molecule has 1 aliphatic rings. The lowest BCUT2D eigenvalue weighted by molar-refractivity contribution is -0.147. The zero-order valence-corrected chi connectivity index (χ0v) is 23.7. The van der Waals surface area contributed by atoms with Gasteiger partial charge in [-0.3, -0.25) is 24.0 Å². The molecule has 1 rings (SSSR count). The van der Waals surface area contributed by atoms with E-state index in [2.05, 4.69) is 16.0 Å². The summed E-state index contributed by atoms with van der Waals surface area (Å²) in [6, 6.07) is -5.37. The topological polar surface area (TPSA) is 208 Å². The highest BCUT2D eigenvalue weighted by Gasteiger charge is 2.39. The number of nitrogens with two attached hydrogens (primary N) is 1. The minimum Gasteiger partial charge on any atom is -0.481 e. The Balaban J connectivity index is 3.07. The van der Waals surface area contributed by atoms with Crippen LogP contribution in [0.4, 0.5) is 0 Å². The fourth-order valence-electron chi connectivity index (χ4n) is 4.37. The molecule has 7 N–H and O–H groups in total. The van der Waals surface area contributed by atoms with Crippen LogP contribution in [0, 0.1) is 17.8 Å². The number of carbonyl (C=O) groups is 6. The number of nitrogens with zero attached hydrogens (tertiary/aromatic N) is 1. The lowest BCUT2D eigenvalue weighted by Gasteiger charge is -2.30. The van der Waals surface area contributed by atoms with E-state index in [1.165, 1.54) is 4.90 Å². The van der Waals surface area contributed by atoms with Gasteiger partial charge in [-0.25, -0.2) is 4.79 Å². The summed E-state index contributed by atoms with van der Waals surface area (Å²) in [6.45, 7) is 11.4. The second-order valence-electron chi connectivity index (χ2n) is 11.3. The lowest BCUT2D eigenvalue weighted by atomic mass is 9.99. The van der Waals surface area contributed by atoms with E-state index in [-0.39, 0.29) is 36.5 Å². The molecular weight excluding hydrogens is 510 g/mol. The highest BCUT2D eigenvalue weighted by Crippen LogP contribution is 2.20. The molecule has 39 heavy (non-hydrogen) atoms. The fraction of sp³-hybridized carbons (Fsp3) is 0.769. The first-order valence-corrected chi connectivity index (χ1v) is 13.5. The quantitative estimate of drug-likeness (QED) is 0.161. The van der Waals surface area contributed by atoms with Crippen molar-refractivity contribution >= 4 is 35.6 Å². The first kappa shape index (κ1) is 33.8. The van der Waals surface area contributed by atoms with Gasteiger partial charge < -0.3 is 36.8 Å². The molecule has 0 aromatic heterocycles. The predicted octanol–water partition coefficient (Wildman–Crippen LogP) is 0.0666. The number of nitrogens with one attached hydrogen (secondary N) is 3. The van der Waals surface area contributed by atoms with Crippen LogP contribution in [-0.4, -0.2) is 87.4 Å². The molecule has 0 aromatic carbocycles. The fourth-order valence-corrected chi connectivity index (χ4v) is 4.37. The molecule has 13 nitrogen and oxygen atoms in total. The molecule has 13 heteroatoms. The van der Waals surface area contributed by atoms with Crippen LogP contribution < -0.4 is 21.7 Å². The second-order valence-corrected chi connectivity index (χ2v) is 11.3. The van der Waals surface area contributed by atoms with Crippen molar-refractivity contribution < 1.29 is 39.0 Å². The van der Waals surface area contributed by atoms with Gasteiger partial charge in [-0.1, -0.05) is 41.5 Å². The van der Waals surface area contributed by atoms with Crippen molar-refractivity contribution in [3.05, 3.63) is 0 Å². The summed E-state index contributed by atoms with van der Waals surface area (Å²) in [5, 5.41) is 25.8. The molecule has 0 unspecified atom stereocenters. The normalized spacial score (nSPS) is 18.4. The van der Waals surface area contributed by atoms with Crippen LogP contribution >= 0.6 is 0 Å². The van der Waals surface area contributed by atoms with Gasteiger partial charge in [-0.15, -0.1) is 0 Å². The van der Waals surface area contributed by atoms with Crippen LogP contribution in [0.25, 0.3) is 0 Å². The van der Waals surface area contributed by atoms with Crippen molar-refractivity contribution in [1.82, 2.24) is 20.9 Å². The van der Waals surface area contributed by atoms with E-state index in [4.69, 9.17) is 10.8 Å². The molecule has 1 saturated heterocycles. The number of carbonyl (C=O) groups excluding carboxylic acids is 4. The third kappa shape index (κ3) is 10.8. The summed E-state index contributed by atoms with van der Waals surface area (Å²) >= 11 is 0. The van der Waals surface area contributed by atoms with Crippen LogP contribution in [-0.2, 0) is 28.8 Å². The van der Waals surface area contributed by atoms with Gasteiger partial charge in [0.1, 0.15) is 24.2 Å². The number of likely N-dealkylation sites (tertiary alicyclic amines) is 1. The Bertz CT molecular complexity index is 907. The third-order valence-electron chi connectivity index (χ3n) is 6.52. The zero-order chi connectivity index (χ0) is 30.0. The van der Waals surface area contributed by atoms with Crippen LogP contribution in [0.5, 0.6) is 0 Å². The maximum Gasteiger partial charge on any atom is 0.326 e. The van der Waals surface area contributed by atoms with Crippen molar-refractivity contribution in [3.8, 4) is 0 Å². The van der Waals surface area contributed by atoms with Crippen molar-refractivity contribution in [2.45, 2.75) is 104 Å². The Morgan fingerprint density at radius 2 is 1.31 bits per heavy atom. The molecule has 0 saturated carbocycles. The highest BCUT2D eigenvalue weighted by molar-refractivity contribution is 5.96. The van der Waals surface area contributed by atoms with Crippen LogP contribution in [0.1, 0.15) is 73.6 Å². The first-order valence-electron chi connectivity index (χ1n) is 13.5. The largest absolute Gasteiger partial charge is 0.481 e. The highest BCUT2D eigenvalue weighted by atomic mass is 16.4. The van der Waals surface area contributed by atoms with Crippen LogP contribution in [0.15, 0.2) is 0 Å². The molecule has 0 bridgehead atoms. The summed E-state index contributed by atoms with van der Waals surface area (Å²) in [5.41, 5.74) is 6.03. The molecule has 1 heterocycles. The molecule has 4 amide bonds. The summed E-state index contributed by atoms with van der Waals surface area (Å²) in [7, 11) is 0. The Morgan fingerprint density at radius 3 is 1.74 bits per heavy atom. The predicted molar refractivity (Wildman–Crippen MR) is 142 cm³/mol. The van der Waals surface area contributed by atoms with E-state index < -0.39 is 66.3 Å². The van der Waals surface area contributed by atoms with Crippen molar-refractivity contribution in [2.24, 2.45) is 23.5 Å². The van der Waals surface area contributed by atoms with Crippen LogP contribution in [0.2, 0.25) is 0 Å². The number of carboxylic acids is 2. The van der Waals surface area contributed by atoms with Gasteiger partial charge >= 0.3 is 11.9 Å². The van der Waals surface area contributed by atoms with Gasteiger partial charge in [-0.2, -0.15) is 0 Å². The molecule has 0 radical (unpaired) electrons. The van der Waals surface area contributed by atoms with Crippen molar-refractivity contribution in [3.63, 3.8) is 0 Å². The third-order valence-corrected chi connectivity index (χ3v) is 6.52. The summed E-state index contributed by atoms with van der Waals surface area (Å²) in [4.78, 5) is 76.2. The van der Waals surface area contributed by atoms with E-state index in [1.54, 1.807) is 13.8 Å². The SMILES string of the molecule is CC(C)C[C@H](NC(=O)[C@H](CC(C)C)NC(=O)[C@@H]1CCCN1C(=O)[C@@H](N)C(C)C)C(=O)N[C@@H](CC(=O)O)C(=O)O. The smallest absolute Gasteiger partial charge is 0.326 e. The number of hydrogen-bond donors (Lipinski definition) is 6. The Hall–Kier alpha value is -3.22. The zero-order valence-electron chi connectivity index (χ0n) is 23.7. The standard InChI is InChI=1S/C26H45N5O8/c1-13(2)10-16(23(35)30-18(26(38)39)12-20(32)33)28-22(34)17(11-14(3)4)29-24(36)19-8-7-9-31(19)25(37)21(27)15(5)6/h13-19,21H,7-12,27H2,1-6H3,(H,28,34)(H,29,36)(H,30,35)(H,32,33)(H,38,39)/t16-,17-,18-,19-,21-/m0/s1. The van der Waals surface area contributed by atoms with Gasteiger partial charge in [0.2, 0.25) is 23.6 Å². The number of carboxylic acid groups (broad SMARTS) is 2. The Labute approximate surface area is 229 Å². The van der Waals surface area contributed by atoms with E-state index in [1.807, 2.05) is 27.7 Å². The monoisotopic (exact) mass is 555 g/mol. The maximum atomic E-state index is 13.3. The summed E-state index contributed by atoms with van der Waals surface area (Å²) in [5.74, 6) is -5.41. The van der Waals surface area contributed by atoms with Crippen molar-refractivity contribution in [2.75, 3.05) is 6.54 Å². The first-order chi connectivity index (χ1) is 18.0. The van der Waals surface area contributed by atoms with Gasteiger partial charge in [0.15, 0.2) is 0 Å². The number of rotatable bonds is 15.